The van der Waals surface area contributed by atoms with Gasteiger partial charge in [-0.1, -0.05) is 0 Å². The molecule has 120 valence electrons. The maximum atomic E-state index is 12.0. The smallest absolute Gasteiger partial charge is 0.305 e. The Bertz CT molecular complexity index is 836. The zero-order valence-corrected chi connectivity index (χ0v) is 12.5. The second-order valence-corrected chi connectivity index (χ2v) is 6.49. The van der Waals surface area contributed by atoms with Gasteiger partial charge in [-0.15, -0.1) is 4.40 Å². The number of hydrazine groups is 1. The summed E-state index contributed by atoms with van der Waals surface area (Å²) in [6.45, 7) is 0.209. The highest BCUT2D eigenvalue weighted by Gasteiger charge is 2.25. The van der Waals surface area contributed by atoms with E-state index >= 15 is 0 Å². The van der Waals surface area contributed by atoms with Crippen molar-refractivity contribution in [2.24, 2.45) is 4.40 Å². The molecule has 0 aromatic carbocycles. The topological polar surface area (TPSA) is 121 Å². The van der Waals surface area contributed by atoms with E-state index < -0.39 is 21.8 Å². The zero-order valence-electron chi connectivity index (χ0n) is 11.7. The molecule has 0 unspecified atom stereocenters. The lowest BCUT2D eigenvalue weighted by Gasteiger charge is -2.26. The number of carbonyl (C=O) groups excluding carboxylic acids is 2. The number of carbonyl (C=O) groups is 2. The summed E-state index contributed by atoms with van der Waals surface area (Å²) in [6, 6.07) is 3.01. The molecular formula is C13H12N4O5S. The highest BCUT2D eigenvalue weighted by Crippen LogP contribution is 2.15. The van der Waals surface area contributed by atoms with Crippen LogP contribution in [0.4, 0.5) is 0 Å². The fourth-order valence-electron chi connectivity index (χ4n) is 1.99. The number of furan rings is 1. The van der Waals surface area contributed by atoms with Crippen molar-refractivity contribution in [2.45, 2.75) is 0 Å². The fraction of sp³-hybridized carbons (Fsp3) is 0.154. The van der Waals surface area contributed by atoms with Crippen molar-refractivity contribution in [3.8, 4) is 0 Å². The van der Waals surface area contributed by atoms with Crippen molar-refractivity contribution < 1.29 is 22.4 Å². The Morgan fingerprint density at radius 2 is 2.00 bits per heavy atom. The van der Waals surface area contributed by atoms with Gasteiger partial charge in [0.2, 0.25) is 0 Å². The SMILES string of the molecule is O=C(NNC(=O)c1ccco1)C1=CN2CCS(=O)(=O)N=C2C=C1. The molecule has 3 rings (SSSR count). The molecule has 1 aromatic rings. The van der Waals surface area contributed by atoms with Gasteiger partial charge in [0.1, 0.15) is 5.84 Å². The van der Waals surface area contributed by atoms with Crippen LogP contribution in [0.2, 0.25) is 0 Å². The Morgan fingerprint density at radius 3 is 2.74 bits per heavy atom. The second kappa shape index (κ2) is 5.72. The van der Waals surface area contributed by atoms with Crippen LogP contribution in [0.1, 0.15) is 10.6 Å². The van der Waals surface area contributed by atoms with Crippen LogP contribution in [0.15, 0.2) is 51.1 Å². The highest BCUT2D eigenvalue weighted by atomic mass is 32.2. The van der Waals surface area contributed by atoms with Gasteiger partial charge in [0.05, 0.1) is 17.6 Å². The summed E-state index contributed by atoms with van der Waals surface area (Å²) >= 11 is 0. The third kappa shape index (κ3) is 3.31. The predicted octanol–water partition coefficient (Wildman–Crippen LogP) is -0.462. The van der Waals surface area contributed by atoms with Gasteiger partial charge in [-0.05, 0) is 24.3 Å². The summed E-state index contributed by atoms with van der Waals surface area (Å²) in [5.74, 6) is -0.935. The van der Waals surface area contributed by atoms with E-state index in [0.29, 0.717) is 0 Å². The van der Waals surface area contributed by atoms with E-state index in [1.54, 1.807) is 11.0 Å². The minimum atomic E-state index is -3.44. The molecule has 0 fully saturated rings. The maximum absolute atomic E-state index is 12.0. The minimum Gasteiger partial charge on any atom is -0.459 e. The largest absolute Gasteiger partial charge is 0.459 e. The molecule has 0 spiro atoms. The summed E-state index contributed by atoms with van der Waals surface area (Å²) in [5.41, 5.74) is 4.72. The normalized spacial score (nSPS) is 18.5. The number of hydrogen-bond donors (Lipinski definition) is 2. The summed E-state index contributed by atoms with van der Waals surface area (Å²) in [4.78, 5) is 25.2. The molecule has 2 aliphatic heterocycles. The van der Waals surface area contributed by atoms with E-state index in [0.717, 1.165) is 0 Å². The van der Waals surface area contributed by atoms with E-state index in [4.69, 9.17) is 4.42 Å². The second-order valence-electron chi connectivity index (χ2n) is 4.73. The van der Waals surface area contributed by atoms with Crippen LogP contribution in [0.5, 0.6) is 0 Å². The van der Waals surface area contributed by atoms with E-state index in [-0.39, 0.29) is 29.5 Å². The first-order chi connectivity index (χ1) is 10.9. The van der Waals surface area contributed by atoms with Gasteiger partial charge in [0.25, 0.3) is 15.9 Å². The summed E-state index contributed by atoms with van der Waals surface area (Å²) in [6.07, 6.45) is 5.67. The number of nitrogens with zero attached hydrogens (tertiary/aromatic N) is 2. The number of rotatable bonds is 2. The number of sulfonamides is 1. The molecule has 0 bridgehead atoms. The molecule has 3 heterocycles. The molecule has 0 aliphatic carbocycles. The fourth-order valence-corrected chi connectivity index (χ4v) is 2.96. The lowest BCUT2D eigenvalue weighted by molar-refractivity contribution is -0.118. The number of nitrogens with one attached hydrogen (secondary N) is 2. The van der Waals surface area contributed by atoms with Crippen LogP contribution < -0.4 is 10.9 Å². The maximum Gasteiger partial charge on any atom is 0.305 e. The molecule has 23 heavy (non-hydrogen) atoms. The van der Waals surface area contributed by atoms with Crippen molar-refractivity contribution in [1.29, 1.82) is 0 Å². The number of hydrogen-bond acceptors (Lipinski definition) is 6. The Kier molecular flexibility index (Phi) is 3.74. The highest BCUT2D eigenvalue weighted by molar-refractivity contribution is 7.90. The lowest BCUT2D eigenvalue weighted by atomic mass is 10.2. The van der Waals surface area contributed by atoms with Gasteiger partial charge < -0.3 is 9.32 Å². The van der Waals surface area contributed by atoms with Crippen LogP contribution >= 0.6 is 0 Å². The van der Waals surface area contributed by atoms with Crippen molar-refractivity contribution >= 4 is 27.7 Å². The standard InChI is InChI=1S/C13H12N4O5S/c18-12(14-15-13(19)10-2-1-6-22-10)9-3-4-11-16-23(20,21)7-5-17(11)8-9/h1-4,6,8H,5,7H2,(H,14,18)(H,15,19). The van der Waals surface area contributed by atoms with E-state index in [1.165, 1.54) is 30.7 Å². The predicted molar refractivity (Wildman–Crippen MR) is 79.5 cm³/mol. The Labute approximate surface area is 131 Å². The van der Waals surface area contributed by atoms with Gasteiger partial charge in [0.15, 0.2) is 5.76 Å². The van der Waals surface area contributed by atoms with Crippen LogP contribution in [0, 0.1) is 0 Å². The Balaban J connectivity index is 1.64. The van der Waals surface area contributed by atoms with Crippen LogP contribution in [-0.4, -0.2) is 43.3 Å². The summed E-state index contributed by atoms with van der Waals surface area (Å²) in [5, 5.41) is 0. The third-order valence-corrected chi connectivity index (χ3v) is 4.28. The Hall–Kier alpha value is -2.88. The lowest BCUT2D eigenvalue weighted by Crippen LogP contribution is -2.43. The van der Waals surface area contributed by atoms with Gasteiger partial charge in [0, 0.05) is 12.7 Å². The average molecular weight is 336 g/mol. The van der Waals surface area contributed by atoms with E-state index in [1.807, 2.05) is 0 Å². The molecule has 0 radical (unpaired) electrons. The van der Waals surface area contributed by atoms with Crippen LogP contribution in [0.3, 0.4) is 0 Å². The molecule has 10 heteroatoms. The quantitative estimate of drug-likeness (QED) is 0.705. The molecule has 9 nitrogen and oxygen atoms in total. The first-order valence-electron chi connectivity index (χ1n) is 6.58. The van der Waals surface area contributed by atoms with Crippen LogP contribution in [0.25, 0.3) is 0 Å². The minimum absolute atomic E-state index is 0.0640. The third-order valence-electron chi connectivity index (χ3n) is 3.12. The van der Waals surface area contributed by atoms with Gasteiger partial charge >= 0.3 is 5.91 Å². The van der Waals surface area contributed by atoms with Crippen molar-refractivity contribution in [3.63, 3.8) is 0 Å². The van der Waals surface area contributed by atoms with E-state index in [2.05, 4.69) is 15.2 Å². The Morgan fingerprint density at radius 1 is 1.22 bits per heavy atom. The zero-order chi connectivity index (χ0) is 16.4. The molecule has 1 aromatic heterocycles. The molecule has 0 saturated carbocycles. The average Bonchev–Trinajstić information content (AvgIpc) is 3.05. The first kappa shape index (κ1) is 15.0. The number of amides is 2. The van der Waals surface area contributed by atoms with Crippen molar-refractivity contribution in [3.05, 3.63) is 48.1 Å². The molecule has 2 N–H and O–H groups in total. The number of amidine groups is 1. The first-order valence-corrected chi connectivity index (χ1v) is 8.19. The van der Waals surface area contributed by atoms with Gasteiger partial charge in [-0.25, -0.2) is 8.42 Å². The monoisotopic (exact) mass is 336 g/mol. The van der Waals surface area contributed by atoms with Crippen molar-refractivity contribution in [2.75, 3.05) is 12.3 Å². The molecule has 2 amide bonds. The molecule has 0 atom stereocenters. The molecular weight excluding hydrogens is 324 g/mol. The molecule has 2 aliphatic rings. The summed E-state index contributed by atoms with van der Waals surface area (Å²) < 4.78 is 31.3. The van der Waals surface area contributed by atoms with Gasteiger partial charge in [-0.2, -0.15) is 0 Å². The van der Waals surface area contributed by atoms with E-state index in [9.17, 15) is 18.0 Å². The van der Waals surface area contributed by atoms with Gasteiger partial charge in [-0.3, -0.25) is 20.4 Å². The van der Waals surface area contributed by atoms with Crippen molar-refractivity contribution in [1.82, 2.24) is 15.8 Å². The summed E-state index contributed by atoms with van der Waals surface area (Å²) in [7, 11) is -3.44. The molecule has 0 saturated heterocycles. The number of fused-ring (bicyclic) bond motifs is 1. The van der Waals surface area contributed by atoms with Crippen LogP contribution in [-0.2, 0) is 14.8 Å².